The fraction of sp³-hybridized carbons (Fsp3) is 0.480. The van der Waals surface area contributed by atoms with E-state index < -0.39 is 76.0 Å². The number of ether oxygens (including phenoxy) is 1. The van der Waals surface area contributed by atoms with E-state index in [-0.39, 0.29) is 24.0 Å². The minimum absolute atomic E-state index is 0.00607. The Kier molecular flexibility index (Phi) is 5.50. The van der Waals surface area contributed by atoms with E-state index in [2.05, 4.69) is 0 Å². The molecule has 1 unspecified atom stereocenters. The van der Waals surface area contributed by atoms with E-state index >= 15 is 0 Å². The number of carbonyl (C=O) groups excluding carboxylic acids is 3. The van der Waals surface area contributed by atoms with Crippen molar-refractivity contribution in [2.45, 2.75) is 55.8 Å². The van der Waals surface area contributed by atoms with Gasteiger partial charge < -0.3 is 36.0 Å². The Balaban J connectivity index is 1.68. The molecular weight excluding hydrogens is 458 g/mol. The lowest BCUT2D eigenvalue weighted by Crippen LogP contribution is -2.64. The summed E-state index contributed by atoms with van der Waals surface area (Å²) < 4.78 is 6.10. The van der Waals surface area contributed by atoms with Crippen LogP contribution in [0.15, 0.2) is 35.1 Å². The lowest BCUT2D eigenvalue weighted by Gasteiger charge is -2.50. The summed E-state index contributed by atoms with van der Waals surface area (Å²) >= 11 is 0. The lowest BCUT2D eigenvalue weighted by molar-refractivity contribution is -0.161. The topological polar surface area (TPSA) is 188 Å². The van der Waals surface area contributed by atoms with E-state index in [1.807, 2.05) is 0 Å². The van der Waals surface area contributed by atoms with E-state index in [9.17, 15) is 39.9 Å². The van der Waals surface area contributed by atoms with Gasteiger partial charge >= 0.3 is 0 Å². The number of amides is 1. The second kappa shape index (κ2) is 8.18. The van der Waals surface area contributed by atoms with Crippen LogP contribution in [0.25, 0.3) is 5.76 Å². The SMILES string of the molecule is NC(=O)C1=C(O)[C@@]2(O)C(=O)C3=C(O)c4c(O)cccc4C(COC4CCCC4)[C@H]3[C@H](O)[C@H]2CC1=O. The van der Waals surface area contributed by atoms with E-state index in [0.29, 0.717) is 5.56 Å². The summed E-state index contributed by atoms with van der Waals surface area (Å²) in [6, 6.07) is 4.55. The molecule has 1 amide bonds. The maximum atomic E-state index is 13.7. The standard InChI is InChI=1S/C25H27NO9/c26-24(33)18-15(28)8-13-20(29)17-12(9-35-10-4-1-2-5-10)11-6-3-7-14(27)16(11)21(30)19(17)23(32)25(13,34)22(18)31/h3,6-7,10,12-13,17,20,27,29-31,34H,1-2,4-5,8-9H2,(H2,26,33)/t12?,13-,17-,20-,25-/m1/s1. The van der Waals surface area contributed by atoms with Crippen molar-refractivity contribution in [3.63, 3.8) is 0 Å². The zero-order chi connectivity index (χ0) is 25.2. The molecule has 10 heteroatoms. The first-order valence-electron chi connectivity index (χ1n) is 11.7. The Morgan fingerprint density at radius 2 is 1.83 bits per heavy atom. The first kappa shape index (κ1) is 23.5. The van der Waals surface area contributed by atoms with Crippen LogP contribution in [0.5, 0.6) is 5.75 Å². The quantitative estimate of drug-likeness (QED) is 0.337. The summed E-state index contributed by atoms with van der Waals surface area (Å²) in [5.41, 5.74) is 1.44. The van der Waals surface area contributed by atoms with Gasteiger partial charge in [0.1, 0.15) is 22.8 Å². The average Bonchev–Trinajstić information content (AvgIpc) is 3.32. The molecule has 1 aromatic rings. The predicted octanol–water partition coefficient (Wildman–Crippen LogP) is 0.895. The molecule has 0 aliphatic heterocycles. The smallest absolute Gasteiger partial charge is 0.255 e. The zero-order valence-electron chi connectivity index (χ0n) is 18.8. The number of phenols is 1. The molecule has 4 aliphatic carbocycles. The minimum Gasteiger partial charge on any atom is -0.508 e. The summed E-state index contributed by atoms with van der Waals surface area (Å²) in [7, 11) is 0. The fourth-order valence-electron chi connectivity index (χ4n) is 6.27. The fourth-order valence-corrected chi connectivity index (χ4v) is 6.27. The highest BCUT2D eigenvalue weighted by atomic mass is 16.5. The molecule has 0 heterocycles. The Hall–Kier alpha value is -3.21. The Morgan fingerprint density at radius 1 is 1.14 bits per heavy atom. The molecule has 5 atom stereocenters. The maximum Gasteiger partial charge on any atom is 0.255 e. The van der Waals surface area contributed by atoms with Crippen molar-refractivity contribution in [3.05, 3.63) is 46.2 Å². The minimum atomic E-state index is -2.85. The van der Waals surface area contributed by atoms with Crippen LogP contribution in [0, 0.1) is 11.8 Å². The van der Waals surface area contributed by atoms with Gasteiger partial charge in [-0.15, -0.1) is 0 Å². The number of primary amides is 1. The van der Waals surface area contributed by atoms with Gasteiger partial charge in [-0.25, -0.2) is 0 Å². The third-order valence-corrected chi connectivity index (χ3v) is 7.98. The molecule has 1 aromatic carbocycles. The number of ketones is 2. The number of benzene rings is 1. The number of hydrogen-bond acceptors (Lipinski definition) is 9. The number of Topliss-reactive ketones (excluding diaryl/α,β-unsaturated/α-hetero) is 2. The van der Waals surface area contributed by atoms with Gasteiger partial charge in [0.25, 0.3) is 5.91 Å². The summed E-state index contributed by atoms with van der Waals surface area (Å²) in [5, 5.41) is 55.2. The van der Waals surface area contributed by atoms with Crippen LogP contribution in [-0.2, 0) is 19.1 Å². The predicted molar refractivity (Wildman–Crippen MR) is 120 cm³/mol. The summed E-state index contributed by atoms with van der Waals surface area (Å²) in [5.74, 6) is -8.89. The highest BCUT2D eigenvalue weighted by Crippen LogP contribution is 2.55. The van der Waals surface area contributed by atoms with Crippen LogP contribution in [0.4, 0.5) is 0 Å². The van der Waals surface area contributed by atoms with Gasteiger partial charge in [-0.05, 0) is 24.5 Å². The molecule has 7 N–H and O–H groups in total. The highest BCUT2D eigenvalue weighted by Gasteiger charge is 2.65. The van der Waals surface area contributed by atoms with Crippen molar-refractivity contribution < 1.29 is 44.7 Å². The van der Waals surface area contributed by atoms with Crippen molar-refractivity contribution in [3.8, 4) is 5.75 Å². The first-order chi connectivity index (χ1) is 16.6. The van der Waals surface area contributed by atoms with Crippen LogP contribution >= 0.6 is 0 Å². The Bertz CT molecular complexity index is 1200. The van der Waals surface area contributed by atoms with Gasteiger partial charge in [0.2, 0.25) is 5.78 Å². The second-order valence-corrected chi connectivity index (χ2v) is 9.78. The molecule has 0 radical (unpaired) electrons. The summed E-state index contributed by atoms with van der Waals surface area (Å²) in [6.07, 6.45) is 1.58. The van der Waals surface area contributed by atoms with Crippen molar-refractivity contribution in [1.29, 1.82) is 0 Å². The van der Waals surface area contributed by atoms with Crippen LogP contribution in [-0.4, -0.2) is 67.4 Å². The number of phenolic OH excluding ortho intramolecular Hbond substituents is 1. The lowest BCUT2D eigenvalue weighted by atomic mass is 9.55. The van der Waals surface area contributed by atoms with Gasteiger partial charge in [0.05, 0.1) is 24.4 Å². The largest absolute Gasteiger partial charge is 0.508 e. The summed E-state index contributed by atoms with van der Waals surface area (Å²) in [4.78, 5) is 38.1. The number of aliphatic hydroxyl groups excluding tert-OH is 3. The molecule has 10 nitrogen and oxygen atoms in total. The van der Waals surface area contributed by atoms with Gasteiger partial charge in [-0.2, -0.15) is 0 Å². The number of aromatic hydroxyl groups is 1. The third-order valence-electron chi connectivity index (χ3n) is 7.98. The number of rotatable bonds is 4. The number of aliphatic hydroxyl groups is 4. The molecular formula is C25H27NO9. The van der Waals surface area contributed by atoms with Gasteiger partial charge in [0, 0.05) is 29.7 Å². The Labute approximate surface area is 200 Å². The zero-order valence-corrected chi connectivity index (χ0v) is 18.8. The first-order valence-corrected chi connectivity index (χ1v) is 11.7. The van der Waals surface area contributed by atoms with Gasteiger partial charge in [-0.1, -0.05) is 25.0 Å². The summed E-state index contributed by atoms with van der Waals surface area (Å²) in [6.45, 7) is 0.0559. The third kappa shape index (κ3) is 3.24. The van der Waals surface area contributed by atoms with Gasteiger partial charge in [0.15, 0.2) is 11.4 Å². The van der Waals surface area contributed by atoms with Crippen LogP contribution in [0.2, 0.25) is 0 Å². The van der Waals surface area contributed by atoms with Crippen molar-refractivity contribution in [2.24, 2.45) is 17.6 Å². The van der Waals surface area contributed by atoms with Gasteiger partial charge in [-0.3, -0.25) is 14.4 Å². The van der Waals surface area contributed by atoms with Crippen LogP contribution in [0.3, 0.4) is 0 Å². The number of fused-ring (bicyclic) bond motifs is 3. The monoisotopic (exact) mass is 485 g/mol. The van der Waals surface area contributed by atoms with Crippen LogP contribution < -0.4 is 5.73 Å². The molecule has 2 saturated carbocycles. The molecule has 0 bridgehead atoms. The van der Waals surface area contributed by atoms with Crippen molar-refractivity contribution in [1.82, 2.24) is 0 Å². The molecule has 35 heavy (non-hydrogen) atoms. The second-order valence-electron chi connectivity index (χ2n) is 9.78. The average molecular weight is 485 g/mol. The highest BCUT2D eigenvalue weighted by molar-refractivity contribution is 6.22. The van der Waals surface area contributed by atoms with E-state index in [1.54, 1.807) is 12.1 Å². The van der Waals surface area contributed by atoms with Crippen LogP contribution in [0.1, 0.15) is 49.1 Å². The number of carbonyl (C=O) groups is 3. The molecule has 4 aliphatic rings. The molecule has 2 fully saturated rings. The maximum absolute atomic E-state index is 13.7. The van der Waals surface area contributed by atoms with E-state index in [1.165, 1.54) is 6.07 Å². The normalized spacial score (nSPS) is 33.0. The molecule has 5 rings (SSSR count). The number of nitrogens with two attached hydrogens (primary N) is 1. The van der Waals surface area contributed by atoms with E-state index in [0.717, 1.165) is 25.7 Å². The van der Waals surface area contributed by atoms with E-state index in [4.69, 9.17) is 10.5 Å². The Morgan fingerprint density at radius 3 is 2.49 bits per heavy atom. The molecule has 186 valence electrons. The number of hydrogen-bond donors (Lipinski definition) is 6. The van der Waals surface area contributed by atoms with Crippen molar-refractivity contribution >= 4 is 23.2 Å². The molecule has 0 spiro atoms. The molecule has 0 aromatic heterocycles. The molecule has 0 saturated heterocycles. The van der Waals surface area contributed by atoms with Crippen molar-refractivity contribution in [2.75, 3.05) is 6.61 Å².